The first kappa shape index (κ1) is 12.8. The molecule has 3 nitrogen and oxygen atoms in total. The largest absolute Gasteiger partial charge is 0.296 e. The van der Waals surface area contributed by atoms with Gasteiger partial charge in [0.1, 0.15) is 0 Å². The molecular weight excluding hydrogens is 226 g/mol. The lowest BCUT2D eigenvalue weighted by molar-refractivity contribution is -0.143. The Morgan fingerprint density at radius 1 is 1.28 bits per heavy atom. The topological polar surface area (TPSA) is 46.2 Å². The average molecular weight is 245 g/mol. The van der Waals surface area contributed by atoms with Gasteiger partial charge in [0.15, 0.2) is 0 Å². The van der Waals surface area contributed by atoms with Crippen LogP contribution in [0.3, 0.4) is 0 Å². The summed E-state index contributed by atoms with van der Waals surface area (Å²) in [5.41, 5.74) is 0.918. The van der Waals surface area contributed by atoms with Crippen LogP contribution in [0.25, 0.3) is 0 Å². The van der Waals surface area contributed by atoms with Gasteiger partial charge in [-0.15, -0.1) is 0 Å². The quantitative estimate of drug-likeness (QED) is 0.831. The highest BCUT2D eigenvalue weighted by Crippen LogP contribution is 2.39. The summed E-state index contributed by atoms with van der Waals surface area (Å²) in [6.07, 6.45) is 1.97. The Balaban J connectivity index is 2.23. The molecule has 1 saturated heterocycles. The normalized spacial score (nSPS) is 28.0. The van der Waals surface area contributed by atoms with Crippen molar-refractivity contribution in [2.24, 2.45) is 11.3 Å². The maximum atomic E-state index is 12.1. The van der Waals surface area contributed by atoms with Gasteiger partial charge in [0.25, 0.3) is 0 Å². The van der Waals surface area contributed by atoms with Crippen LogP contribution in [0.1, 0.15) is 32.3 Å². The van der Waals surface area contributed by atoms with Gasteiger partial charge in [0, 0.05) is 12.3 Å². The third kappa shape index (κ3) is 2.45. The van der Waals surface area contributed by atoms with Crippen molar-refractivity contribution in [2.75, 3.05) is 0 Å². The Morgan fingerprint density at radius 3 is 2.56 bits per heavy atom. The molecule has 1 N–H and O–H groups in total. The van der Waals surface area contributed by atoms with E-state index in [4.69, 9.17) is 0 Å². The summed E-state index contributed by atoms with van der Waals surface area (Å²) < 4.78 is 0. The van der Waals surface area contributed by atoms with E-state index in [-0.39, 0.29) is 23.1 Å². The lowest BCUT2D eigenvalue weighted by Gasteiger charge is -2.39. The first-order valence-corrected chi connectivity index (χ1v) is 6.43. The summed E-state index contributed by atoms with van der Waals surface area (Å²) in [4.78, 5) is 23.6. The molecule has 0 radical (unpaired) electrons. The fourth-order valence-electron chi connectivity index (χ4n) is 2.64. The van der Waals surface area contributed by atoms with E-state index in [9.17, 15) is 9.59 Å². The van der Waals surface area contributed by atoms with Crippen LogP contribution >= 0.6 is 0 Å². The molecule has 1 fully saturated rings. The van der Waals surface area contributed by atoms with Gasteiger partial charge in [-0.05, 0) is 23.8 Å². The van der Waals surface area contributed by atoms with Crippen LogP contribution in [0.15, 0.2) is 30.3 Å². The second kappa shape index (κ2) is 4.92. The molecule has 2 rings (SSSR count). The molecule has 0 aliphatic carbocycles. The number of rotatable bonds is 3. The maximum Gasteiger partial charge on any atom is 0.230 e. The molecule has 96 valence electrons. The second-order valence-electron chi connectivity index (χ2n) is 5.34. The summed E-state index contributed by atoms with van der Waals surface area (Å²) in [6, 6.07) is 9.97. The Labute approximate surface area is 108 Å². The third-order valence-corrected chi connectivity index (χ3v) is 4.08. The summed E-state index contributed by atoms with van der Waals surface area (Å²) in [7, 11) is 0. The average Bonchev–Trinajstić information content (AvgIpc) is 2.35. The molecule has 1 heterocycles. The molecule has 0 saturated carbocycles. The summed E-state index contributed by atoms with van der Waals surface area (Å²) in [5.74, 6) is -0.393. The zero-order chi connectivity index (χ0) is 13.2. The highest BCUT2D eigenvalue weighted by Gasteiger charge is 2.43. The van der Waals surface area contributed by atoms with E-state index in [0.717, 1.165) is 12.0 Å². The molecule has 0 aromatic heterocycles. The number of amides is 2. The van der Waals surface area contributed by atoms with Gasteiger partial charge in [-0.3, -0.25) is 14.9 Å². The van der Waals surface area contributed by atoms with Crippen LogP contribution in [0.4, 0.5) is 0 Å². The van der Waals surface area contributed by atoms with E-state index >= 15 is 0 Å². The molecule has 3 heteroatoms. The number of carbonyl (C=O) groups excluding carboxylic acids is 2. The van der Waals surface area contributed by atoms with Crippen LogP contribution in [0, 0.1) is 11.3 Å². The van der Waals surface area contributed by atoms with E-state index in [1.807, 2.05) is 44.2 Å². The molecule has 2 atom stereocenters. The molecule has 2 amide bonds. The third-order valence-electron chi connectivity index (χ3n) is 4.08. The van der Waals surface area contributed by atoms with E-state index in [0.29, 0.717) is 12.8 Å². The second-order valence-corrected chi connectivity index (χ2v) is 5.34. The maximum absolute atomic E-state index is 12.1. The predicted octanol–water partition coefficient (Wildman–Crippen LogP) is 2.31. The van der Waals surface area contributed by atoms with Crippen molar-refractivity contribution < 1.29 is 9.59 Å². The van der Waals surface area contributed by atoms with Crippen LogP contribution in [0.5, 0.6) is 0 Å². The number of hydrogen-bond donors (Lipinski definition) is 1. The molecular formula is C15H19NO2. The number of benzene rings is 1. The highest BCUT2D eigenvalue weighted by molar-refractivity contribution is 5.99. The molecule has 1 aliphatic rings. The lowest BCUT2D eigenvalue weighted by Crippen LogP contribution is -2.51. The predicted molar refractivity (Wildman–Crippen MR) is 69.8 cm³/mol. The molecule has 1 aromatic carbocycles. The van der Waals surface area contributed by atoms with Gasteiger partial charge in [-0.1, -0.05) is 44.2 Å². The van der Waals surface area contributed by atoms with Gasteiger partial charge < -0.3 is 0 Å². The fraction of sp³-hybridized carbons (Fsp3) is 0.467. The number of hydrogen-bond acceptors (Lipinski definition) is 2. The fourth-order valence-corrected chi connectivity index (χ4v) is 2.64. The number of carbonyl (C=O) groups is 2. The number of nitrogens with one attached hydrogen (secondary N) is 1. The summed E-state index contributed by atoms with van der Waals surface area (Å²) in [6.45, 7) is 4.08. The molecule has 2 unspecified atom stereocenters. The van der Waals surface area contributed by atoms with E-state index < -0.39 is 0 Å². The minimum absolute atomic E-state index is 0.123. The molecule has 18 heavy (non-hydrogen) atoms. The van der Waals surface area contributed by atoms with Crippen molar-refractivity contribution in [2.45, 2.75) is 33.1 Å². The Morgan fingerprint density at radius 2 is 1.94 bits per heavy atom. The molecule has 0 spiro atoms. The Hall–Kier alpha value is -1.64. The summed E-state index contributed by atoms with van der Waals surface area (Å²) in [5, 5.41) is 2.46. The van der Waals surface area contributed by atoms with Crippen molar-refractivity contribution in [3.63, 3.8) is 0 Å². The van der Waals surface area contributed by atoms with E-state index in [2.05, 4.69) is 5.32 Å². The number of imide groups is 1. The van der Waals surface area contributed by atoms with Crippen molar-refractivity contribution in [1.82, 2.24) is 5.32 Å². The standard InChI is InChI=1S/C15H19NO2/c1-3-15(2)10-13(17)16-14(18)12(15)9-11-7-5-4-6-8-11/h4-8,12H,3,9-10H2,1-2H3,(H,16,17,18). The minimum atomic E-state index is -0.227. The zero-order valence-corrected chi connectivity index (χ0v) is 10.9. The van der Waals surface area contributed by atoms with E-state index in [1.54, 1.807) is 0 Å². The van der Waals surface area contributed by atoms with Crippen molar-refractivity contribution >= 4 is 11.8 Å². The molecule has 0 bridgehead atoms. The SMILES string of the molecule is CCC1(C)CC(=O)NC(=O)C1Cc1ccccc1. The first-order valence-electron chi connectivity index (χ1n) is 6.43. The van der Waals surface area contributed by atoms with Crippen LogP contribution < -0.4 is 5.32 Å². The van der Waals surface area contributed by atoms with Crippen LogP contribution in [-0.4, -0.2) is 11.8 Å². The number of piperidine rings is 1. The highest BCUT2D eigenvalue weighted by atomic mass is 16.2. The first-order chi connectivity index (χ1) is 8.55. The lowest BCUT2D eigenvalue weighted by atomic mass is 9.67. The molecule has 1 aromatic rings. The van der Waals surface area contributed by atoms with Crippen molar-refractivity contribution in [3.8, 4) is 0 Å². The van der Waals surface area contributed by atoms with E-state index in [1.165, 1.54) is 0 Å². The zero-order valence-electron chi connectivity index (χ0n) is 10.9. The van der Waals surface area contributed by atoms with Gasteiger partial charge in [0.05, 0.1) is 0 Å². The van der Waals surface area contributed by atoms with Crippen molar-refractivity contribution in [1.29, 1.82) is 0 Å². The van der Waals surface area contributed by atoms with Gasteiger partial charge in [0.2, 0.25) is 11.8 Å². The van der Waals surface area contributed by atoms with Crippen LogP contribution in [0.2, 0.25) is 0 Å². The summed E-state index contributed by atoms with van der Waals surface area (Å²) >= 11 is 0. The van der Waals surface area contributed by atoms with Crippen LogP contribution in [-0.2, 0) is 16.0 Å². The Bertz CT molecular complexity index is 455. The van der Waals surface area contributed by atoms with Gasteiger partial charge >= 0.3 is 0 Å². The molecule has 1 aliphatic heterocycles. The monoisotopic (exact) mass is 245 g/mol. The smallest absolute Gasteiger partial charge is 0.230 e. The van der Waals surface area contributed by atoms with Gasteiger partial charge in [-0.2, -0.15) is 0 Å². The minimum Gasteiger partial charge on any atom is -0.296 e. The van der Waals surface area contributed by atoms with Gasteiger partial charge in [-0.25, -0.2) is 0 Å². The Kier molecular flexibility index (Phi) is 3.50. The van der Waals surface area contributed by atoms with Crippen molar-refractivity contribution in [3.05, 3.63) is 35.9 Å².